The highest BCUT2D eigenvalue weighted by Crippen LogP contribution is 2.07. The second kappa shape index (κ2) is 13.5. The van der Waals surface area contributed by atoms with Crippen molar-refractivity contribution in [1.29, 1.82) is 0 Å². The maximum Gasteiger partial charge on any atom is 0.305 e. The SMILES string of the molecule is CCCCCCCCC(=O)OCCNCCO. The van der Waals surface area contributed by atoms with Gasteiger partial charge in [-0.2, -0.15) is 0 Å². The summed E-state index contributed by atoms with van der Waals surface area (Å²) in [7, 11) is 0. The van der Waals surface area contributed by atoms with Crippen LogP contribution in [0.25, 0.3) is 0 Å². The lowest BCUT2D eigenvalue weighted by Gasteiger charge is -2.05. The molecule has 0 aromatic rings. The molecule has 0 amide bonds. The van der Waals surface area contributed by atoms with E-state index in [1.54, 1.807) is 0 Å². The number of esters is 1. The lowest BCUT2D eigenvalue weighted by Crippen LogP contribution is -2.24. The topological polar surface area (TPSA) is 58.6 Å². The van der Waals surface area contributed by atoms with E-state index in [4.69, 9.17) is 9.84 Å². The summed E-state index contributed by atoms with van der Waals surface area (Å²) in [6.07, 6.45) is 7.64. The van der Waals surface area contributed by atoms with Gasteiger partial charge < -0.3 is 15.2 Å². The monoisotopic (exact) mass is 245 g/mol. The number of carbonyl (C=O) groups is 1. The molecule has 0 aromatic heterocycles. The Labute approximate surface area is 105 Å². The van der Waals surface area contributed by atoms with Crippen molar-refractivity contribution in [3.8, 4) is 0 Å². The van der Waals surface area contributed by atoms with Gasteiger partial charge in [0.25, 0.3) is 0 Å². The van der Waals surface area contributed by atoms with Gasteiger partial charge in [-0.1, -0.05) is 39.0 Å². The Morgan fingerprint density at radius 3 is 2.53 bits per heavy atom. The average molecular weight is 245 g/mol. The van der Waals surface area contributed by atoms with Gasteiger partial charge in [-0.15, -0.1) is 0 Å². The first-order chi connectivity index (χ1) is 8.31. The zero-order valence-corrected chi connectivity index (χ0v) is 11.0. The fraction of sp³-hybridized carbons (Fsp3) is 0.923. The van der Waals surface area contributed by atoms with E-state index >= 15 is 0 Å². The van der Waals surface area contributed by atoms with Gasteiger partial charge in [0, 0.05) is 19.5 Å². The summed E-state index contributed by atoms with van der Waals surface area (Å²) in [6.45, 7) is 3.88. The van der Waals surface area contributed by atoms with Crippen molar-refractivity contribution >= 4 is 5.97 Å². The molecule has 0 heterocycles. The van der Waals surface area contributed by atoms with Crippen LogP contribution >= 0.6 is 0 Å². The van der Waals surface area contributed by atoms with Crippen molar-refractivity contribution in [2.75, 3.05) is 26.3 Å². The molecule has 0 radical (unpaired) electrons. The van der Waals surface area contributed by atoms with Crippen molar-refractivity contribution in [2.24, 2.45) is 0 Å². The van der Waals surface area contributed by atoms with Crippen molar-refractivity contribution in [1.82, 2.24) is 5.32 Å². The van der Waals surface area contributed by atoms with Crippen molar-refractivity contribution in [3.63, 3.8) is 0 Å². The molecular weight excluding hydrogens is 218 g/mol. The third kappa shape index (κ3) is 13.3. The van der Waals surface area contributed by atoms with E-state index in [0.717, 1.165) is 12.8 Å². The highest BCUT2D eigenvalue weighted by molar-refractivity contribution is 5.69. The fourth-order valence-corrected chi connectivity index (χ4v) is 1.56. The van der Waals surface area contributed by atoms with Gasteiger partial charge in [-0.25, -0.2) is 0 Å². The van der Waals surface area contributed by atoms with Crippen LogP contribution in [0.2, 0.25) is 0 Å². The van der Waals surface area contributed by atoms with E-state index < -0.39 is 0 Å². The molecule has 0 unspecified atom stereocenters. The summed E-state index contributed by atoms with van der Waals surface area (Å²) >= 11 is 0. The maximum atomic E-state index is 11.3. The van der Waals surface area contributed by atoms with Gasteiger partial charge in [0.1, 0.15) is 6.61 Å². The minimum atomic E-state index is -0.105. The molecular formula is C13H27NO3. The molecule has 0 aliphatic carbocycles. The lowest BCUT2D eigenvalue weighted by molar-refractivity contribution is -0.143. The Hall–Kier alpha value is -0.610. The second-order valence-electron chi connectivity index (χ2n) is 4.21. The summed E-state index contributed by atoms with van der Waals surface area (Å²) in [5, 5.41) is 11.5. The van der Waals surface area contributed by atoms with E-state index in [0.29, 0.717) is 26.1 Å². The number of aliphatic hydroxyl groups excluding tert-OH is 1. The lowest BCUT2D eigenvalue weighted by atomic mass is 10.1. The van der Waals surface area contributed by atoms with E-state index in [1.807, 2.05) is 0 Å². The van der Waals surface area contributed by atoms with Crippen molar-refractivity contribution in [2.45, 2.75) is 51.9 Å². The molecule has 0 fully saturated rings. The molecule has 17 heavy (non-hydrogen) atoms. The molecule has 2 N–H and O–H groups in total. The summed E-state index contributed by atoms with van der Waals surface area (Å²) in [5.41, 5.74) is 0. The number of carbonyl (C=O) groups excluding carboxylic acids is 1. The molecule has 0 aliphatic heterocycles. The number of unbranched alkanes of at least 4 members (excludes halogenated alkanes) is 5. The highest BCUT2D eigenvalue weighted by Gasteiger charge is 2.01. The quantitative estimate of drug-likeness (QED) is 0.407. The zero-order valence-electron chi connectivity index (χ0n) is 11.0. The summed E-state index contributed by atoms with van der Waals surface area (Å²) in [4.78, 5) is 11.3. The number of hydrogen-bond donors (Lipinski definition) is 2. The summed E-state index contributed by atoms with van der Waals surface area (Å²) in [6, 6.07) is 0. The fourth-order valence-electron chi connectivity index (χ4n) is 1.56. The van der Waals surface area contributed by atoms with Gasteiger partial charge in [0.2, 0.25) is 0 Å². The number of hydrogen-bond acceptors (Lipinski definition) is 4. The molecule has 0 bridgehead atoms. The first-order valence-corrected chi connectivity index (χ1v) is 6.78. The second-order valence-corrected chi connectivity index (χ2v) is 4.21. The zero-order chi connectivity index (χ0) is 12.8. The summed E-state index contributed by atoms with van der Waals surface area (Å²) < 4.78 is 5.03. The van der Waals surface area contributed by atoms with Gasteiger partial charge >= 0.3 is 5.97 Å². The van der Waals surface area contributed by atoms with Crippen LogP contribution in [0.4, 0.5) is 0 Å². The number of ether oxygens (including phenoxy) is 1. The van der Waals surface area contributed by atoms with Gasteiger partial charge in [0.15, 0.2) is 0 Å². The first kappa shape index (κ1) is 16.4. The minimum Gasteiger partial charge on any atom is -0.464 e. The average Bonchev–Trinajstić information content (AvgIpc) is 2.33. The van der Waals surface area contributed by atoms with Crippen LogP contribution in [0.15, 0.2) is 0 Å². The first-order valence-electron chi connectivity index (χ1n) is 6.78. The standard InChI is InChI=1S/C13H27NO3/c1-2-3-4-5-6-7-8-13(16)17-12-10-14-9-11-15/h14-15H,2-12H2,1H3. The summed E-state index contributed by atoms with van der Waals surface area (Å²) in [5.74, 6) is -0.105. The highest BCUT2D eigenvalue weighted by atomic mass is 16.5. The van der Waals surface area contributed by atoms with Gasteiger partial charge in [-0.05, 0) is 6.42 Å². The van der Waals surface area contributed by atoms with Crippen LogP contribution in [0, 0.1) is 0 Å². The Balaban J connectivity index is 3.12. The van der Waals surface area contributed by atoms with Crippen LogP contribution in [0.3, 0.4) is 0 Å². The Bertz CT molecular complexity index is 174. The number of rotatable bonds is 12. The van der Waals surface area contributed by atoms with Gasteiger partial charge in [0.05, 0.1) is 6.61 Å². The Kier molecular flexibility index (Phi) is 13.0. The van der Waals surface area contributed by atoms with Crippen LogP contribution in [-0.4, -0.2) is 37.4 Å². The molecule has 0 aromatic carbocycles. The molecule has 4 heteroatoms. The molecule has 0 saturated heterocycles. The van der Waals surface area contributed by atoms with E-state index in [-0.39, 0.29) is 12.6 Å². The van der Waals surface area contributed by atoms with Crippen molar-refractivity contribution < 1.29 is 14.6 Å². The molecule has 102 valence electrons. The predicted octanol–water partition coefficient (Wildman–Crippen LogP) is 1.86. The van der Waals surface area contributed by atoms with E-state index in [9.17, 15) is 4.79 Å². The molecule has 0 saturated carbocycles. The third-order valence-electron chi connectivity index (χ3n) is 2.56. The molecule has 4 nitrogen and oxygen atoms in total. The van der Waals surface area contributed by atoms with Gasteiger partial charge in [-0.3, -0.25) is 4.79 Å². The van der Waals surface area contributed by atoms with Crippen LogP contribution in [0.5, 0.6) is 0 Å². The normalized spacial score (nSPS) is 10.5. The maximum absolute atomic E-state index is 11.3. The smallest absolute Gasteiger partial charge is 0.305 e. The number of aliphatic hydroxyl groups is 1. The minimum absolute atomic E-state index is 0.105. The van der Waals surface area contributed by atoms with Crippen LogP contribution in [-0.2, 0) is 9.53 Å². The molecule has 0 rings (SSSR count). The number of nitrogens with one attached hydrogen (secondary N) is 1. The largest absolute Gasteiger partial charge is 0.464 e. The molecule has 0 aliphatic rings. The van der Waals surface area contributed by atoms with Crippen LogP contribution < -0.4 is 5.32 Å². The Morgan fingerprint density at radius 2 is 1.82 bits per heavy atom. The third-order valence-corrected chi connectivity index (χ3v) is 2.56. The van der Waals surface area contributed by atoms with Crippen molar-refractivity contribution in [3.05, 3.63) is 0 Å². The van der Waals surface area contributed by atoms with E-state index in [1.165, 1.54) is 25.7 Å². The Morgan fingerprint density at radius 1 is 1.12 bits per heavy atom. The van der Waals surface area contributed by atoms with Crippen LogP contribution in [0.1, 0.15) is 51.9 Å². The molecule has 0 spiro atoms. The predicted molar refractivity (Wildman–Crippen MR) is 68.9 cm³/mol. The molecule has 0 atom stereocenters. The van der Waals surface area contributed by atoms with E-state index in [2.05, 4.69) is 12.2 Å².